The van der Waals surface area contributed by atoms with Gasteiger partial charge < -0.3 is 14.2 Å². The van der Waals surface area contributed by atoms with Crippen molar-refractivity contribution in [3.63, 3.8) is 0 Å². The Hall–Kier alpha value is -2.64. The van der Waals surface area contributed by atoms with Gasteiger partial charge in [-0.25, -0.2) is 0 Å². The molecule has 0 aliphatic rings. The van der Waals surface area contributed by atoms with Crippen LogP contribution in [0.1, 0.15) is 44.6 Å². The zero-order chi connectivity index (χ0) is 18.7. The van der Waals surface area contributed by atoms with Crippen LogP contribution in [-0.2, 0) is 25.7 Å². The fourth-order valence-electron chi connectivity index (χ4n) is 1.98. The largest absolute Gasteiger partial charge is 0.490 e. The van der Waals surface area contributed by atoms with Crippen LogP contribution >= 0.6 is 0 Å². The summed E-state index contributed by atoms with van der Waals surface area (Å²) in [5, 5.41) is 10.9. The average Bonchev–Trinajstić information content (AvgIpc) is 2.59. The molecule has 0 unspecified atom stereocenters. The van der Waals surface area contributed by atoms with E-state index in [9.17, 15) is 19.7 Å². The van der Waals surface area contributed by atoms with Gasteiger partial charge in [0, 0.05) is 18.9 Å². The van der Waals surface area contributed by atoms with Gasteiger partial charge in [-0.15, -0.1) is 0 Å². The minimum atomic E-state index is -0.561. The molecule has 8 nitrogen and oxygen atoms in total. The number of ether oxygens (including phenoxy) is 3. The van der Waals surface area contributed by atoms with Gasteiger partial charge in [-0.05, 0) is 24.5 Å². The second-order valence-electron chi connectivity index (χ2n) is 5.35. The summed E-state index contributed by atoms with van der Waals surface area (Å²) in [5.74, 6) is -0.659. The summed E-state index contributed by atoms with van der Waals surface area (Å²) < 4.78 is 15.0. The molecule has 0 saturated carbocycles. The van der Waals surface area contributed by atoms with E-state index >= 15 is 0 Å². The van der Waals surface area contributed by atoms with Gasteiger partial charge in [0.1, 0.15) is 6.61 Å². The molecule has 1 rings (SSSR count). The number of hydrogen-bond acceptors (Lipinski definition) is 7. The summed E-state index contributed by atoms with van der Waals surface area (Å²) >= 11 is 0. The molecule has 1 aromatic rings. The van der Waals surface area contributed by atoms with E-state index in [0.29, 0.717) is 18.6 Å². The maximum Gasteiger partial charge on any atom is 0.311 e. The van der Waals surface area contributed by atoms with Gasteiger partial charge in [-0.1, -0.05) is 19.4 Å². The Kier molecular flexibility index (Phi) is 8.99. The predicted octanol–water partition coefficient (Wildman–Crippen LogP) is 3.16. The zero-order valence-electron chi connectivity index (χ0n) is 14.5. The summed E-state index contributed by atoms with van der Waals surface area (Å²) in [5.41, 5.74) is 0.297. The van der Waals surface area contributed by atoms with Crippen molar-refractivity contribution in [2.45, 2.75) is 45.6 Å². The molecule has 0 amide bonds. The maximum absolute atomic E-state index is 11.7. The minimum Gasteiger partial charge on any atom is -0.490 e. The lowest BCUT2D eigenvalue weighted by molar-refractivity contribution is -0.385. The minimum absolute atomic E-state index is 0.0788. The summed E-state index contributed by atoms with van der Waals surface area (Å²) in [6.45, 7) is 2.32. The number of carbonyl (C=O) groups excluding carboxylic acids is 2. The Bertz CT molecular complexity index is 601. The number of benzene rings is 1. The number of esters is 2. The molecular formula is C17H23NO7. The van der Waals surface area contributed by atoms with E-state index in [1.807, 2.05) is 6.92 Å². The average molecular weight is 353 g/mol. The summed E-state index contributed by atoms with van der Waals surface area (Å²) in [6.07, 6.45) is 2.35. The lowest BCUT2D eigenvalue weighted by atomic mass is 10.2. The van der Waals surface area contributed by atoms with Crippen LogP contribution in [0.25, 0.3) is 0 Å². The van der Waals surface area contributed by atoms with Crippen LogP contribution in [0.3, 0.4) is 0 Å². The lowest BCUT2D eigenvalue weighted by Gasteiger charge is -2.07. The third-order valence-electron chi connectivity index (χ3n) is 3.36. The molecule has 0 radical (unpaired) electrons. The van der Waals surface area contributed by atoms with Crippen LogP contribution in [0.4, 0.5) is 5.69 Å². The number of nitro benzene ring substituents is 1. The summed E-state index contributed by atoms with van der Waals surface area (Å²) in [7, 11) is 1.34. The topological polar surface area (TPSA) is 105 Å². The quantitative estimate of drug-likeness (QED) is 0.260. The summed E-state index contributed by atoms with van der Waals surface area (Å²) in [4.78, 5) is 33.4. The Morgan fingerprint density at radius 3 is 2.40 bits per heavy atom. The number of unbranched alkanes of at least 4 members (excludes halogenated alkanes) is 1. The normalized spacial score (nSPS) is 10.2. The Balaban J connectivity index is 2.35. The second-order valence-corrected chi connectivity index (χ2v) is 5.35. The van der Waals surface area contributed by atoms with Gasteiger partial charge in [0.2, 0.25) is 0 Å². The van der Waals surface area contributed by atoms with Crippen LogP contribution in [-0.4, -0.2) is 30.6 Å². The van der Waals surface area contributed by atoms with Crippen molar-refractivity contribution in [3.8, 4) is 5.75 Å². The molecule has 25 heavy (non-hydrogen) atoms. The molecule has 0 saturated heterocycles. The second kappa shape index (κ2) is 11.0. The Labute approximate surface area is 146 Å². The first-order chi connectivity index (χ1) is 12.0. The molecule has 1 aromatic carbocycles. The maximum atomic E-state index is 11.7. The molecule has 0 spiro atoms. The van der Waals surface area contributed by atoms with Crippen LogP contribution in [0.5, 0.6) is 5.75 Å². The summed E-state index contributed by atoms with van der Waals surface area (Å²) in [6, 6.07) is 4.34. The molecule has 0 aliphatic heterocycles. The predicted molar refractivity (Wildman–Crippen MR) is 89.2 cm³/mol. The fourth-order valence-corrected chi connectivity index (χ4v) is 1.98. The molecule has 0 aliphatic carbocycles. The smallest absolute Gasteiger partial charge is 0.311 e. The van der Waals surface area contributed by atoms with Crippen LogP contribution in [0, 0.1) is 10.1 Å². The van der Waals surface area contributed by atoms with Crippen LogP contribution in [0.15, 0.2) is 18.2 Å². The van der Waals surface area contributed by atoms with Crippen molar-refractivity contribution in [2.75, 3.05) is 13.7 Å². The highest BCUT2D eigenvalue weighted by atomic mass is 16.6. The third kappa shape index (κ3) is 7.65. The molecule has 8 heteroatoms. The Morgan fingerprint density at radius 1 is 1.12 bits per heavy atom. The molecular weight excluding hydrogens is 330 g/mol. The first-order valence-electron chi connectivity index (χ1n) is 8.10. The molecule has 0 fully saturated rings. The van der Waals surface area contributed by atoms with E-state index < -0.39 is 10.9 Å². The number of nitro groups is 1. The highest BCUT2D eigenvalue weighted by Crippen LogP contribution is 2.27. The number of methoxy groups -OCH3 is 1. The van der Waals surface area contributed by atoms with E-state index in [4.69, 9.17) is 14.2 Å². The van der Waals surface area contributed by atoms with E-state index in [2.05, 4.69) is 0 Å². The molecule has 0 bridgehead atoms. The van der Waals surface area contributed by atoms with Crippen molar-refractivity contribution in [1.82, 2.24) is 0 Å². The first kappa shape index (κ1) is 20.4. The highest BCUT2D eigenvalue weighted by molar-refractivity contribution is 5.72. The van der Waals surface area contributed by atoms with Crippen molar-refractivity contribution in [1.29, 1.82) is 0 Å². The van der Waals surface area contributed by atoms with Crippen molar-refractivity contribution in [2.24, 2.45) is 0 Å². The molecule has 0 aromatic heterocycles. The van der Waals surface area contributed by atoms with E-state index in [-0.39, 0.29) is 36.9 Å². The van der Waals surface area contributed by atoms with Crippen LogP contribution < -0.4 is 4.74 Å². The SMILES string of the molecule is CCCCOC(=O)CCCC(=O)OCc1ccc(OC)c([N+](=O)[O-])c1. The lowest BCUT2D eigenvalue weighted by Crippen LogP contribution is -2.09. The third-order valence-corrected chi connectivity index (χ3v) is 3.36. The van der Waals surface area contributed by atoms with Gasteiger partial charge in [-0.2, -0.15) is 0 Å². The van der Waals surface area contributed by atoms with Gasteiger partial charge in [0.25, 0.3) is 0 Å². The molecule has 138 valence electrons. The van der Waals surface area contributed by atoms with Gasteiger partial charge >= 0.3 is 17.6 Å². The van der Waals surface area contributed by atoms with Crippen molar-refractivity contribution < 1.29 is 28.7 Å². The van der Waals surface area contributed by atoms with Gasteiger partial charge in [-0.3, -0.25) is 19.7 Å². The Morgan fingerprint density at radius 2 is 1.80 bits per heavy atom. The number of hydrogen-bond donors (Lipinski definition) is 0. The first-order valence-corrected chi connectivity index (χ1v) is 8.10. The number of nitrogens with zero attached hydrogens (tertiary/aromatic N) is 1. The number of carbonyl (C=O) groups is 2. The van der Waals surface area contributed by atoms with E-state index in [1.165, 1.54) is 19.2 Å². The number of rotatable bonds is 11. The molecule has 0 atom stereocenters. The zero-order valence-corrected chi connectivity index (χ0v) is 14.5. The highest BCUT2D eigenvalue weighted by Gasteiger charge is 2.16. The standard InChI is InChI=1S/C17H23NO7/c1-3-4-10-24-16(19)6-5-7-17(20)25-12-13-8-9-15(23-2)14(11-13)18(21)22/h8-9,11H,3-7,10,12H2,1-2H3. The van der Waals surface area contributed by atoms with Crippen LogP contribution in [0.2, 0.25) is 0 Å². The van der Waals surface area contributed by atoms with Gasteiger partial charge in [0.15, 0.2) is 5.75 Å². The van der Waals surface area contributed by atoms with Crippen molar-refractivity contribution in [3.05, 3.63) is 33.9 Å². The molecule has 0 N–H and O–H groups in total. The fraction of sp³-hybridized carbons (Fsp3) is 0.529. The van der Waals surface area contributed by atoms with Gasteiger partial charge in [0.05, 0.1) is 18.6 Å². The monoisotopic (exact) mass is 353 g/mol. The van der Waals surface area contributed by atoms with Crippen molar-refractivity contribution >= 4 is 17.6 Å². The molecule has 0 heterocycles. The van der Waals surface area contributed by atoms with E-state index in [1.54, 1.807) is 6.07 Å². The van der Waals surface area contributed by atoms with E-state index in [0.717, 1.165) is 12.8 Å².